The Kier molecular flexibility index (Phi) is 5.34. The van der Waals surface area contributed by atoms with E-state index in [0.29, 0.717) is 17.5 Å². The predicted octanol–water partition coefficient (Wildman–Crippen LogP) is 4.46. The van der Waals surface area contributed by atoms with Crippen LogP contribution >= 0.6 is 27.5 Å². The molecular formula is C14H19BrClNO. The molecule has 4 heteroatoms. The van der Waals surface area contributed by atoms with Crippen molar-refractivity contribution in [3.63, 3.8) is 0 Å². The summed E-state index contributed by atoms with van der Waals surface area (Å²) in [5.74, 6) is 0.713. The summed E-state index contributed by atoms with van der Waals surface area (Å²) in [6.07, 6.45) is 5.83. The Labute approximate surface area is 122 Å². The van der Waals surface area contributed by atoms with Crippen molar-refractivity contribution in [3.05, 3.63) is 27.7 Å². The lowest BCUT2D eigenvalue weighted by Gasteiger charge is -2.17. The second-order valence-corrected chi connectivity index (χ2v) is 6.22. The maximum Gasteiger partial charge on any atom is 0.0715 e. The molecule has 0 spiro atoms. The molecule has 1 atom stereocenters. The van der Waals surface area contributed by atoms with Gasteiger partial charge in [-0.05, 0) is 40.4 Å². The molecule has 0 saturated heterocycles. The van der Waals surface area contributed by atoms with Crippen molar-refractivity contribution in [2.45, 2.75) is 38.2 Å². The van der Waals surface area contributed by atoms with Gasteiger partial charge in [-0.1, -0.05) is 43.4 Å². The molecule has 18 heavy (non-hydrogen) atoms. The van der Waals surface area contributed by atoms with Crippen LogP contribution in [0.15, 0.2) is 22.7 Å². The second-order valence-electron chi connectivity index (χ2n) is 5.02. The van der Waals surface area contributed by atoms with Crippen molar-refractivity contribution in [2.24, 2.45) is 5.92 Å². The molecule has 1 fully saturated rings. The second kappa shape index (κ2) is 6.78. The first kappa shape index (κ1) is 14.2. The lowest BCUT2D eigenvalue weighted by molar-refractivity contribution is 0.155. The van der Waals surface area contributed by atoms with Crippen LogP contribution in [0.2, 0.25) is 5.02 Å². The van der Waals surface area contributed by atoms with Crippen LogP contribution in [0.25, 0.3) is 0 Å². The van der Waals surface area contributed by atoms with E-state index in [9.17, 15) is 5.11 Å². The van der Waals surface area contributed by atoms with Crippen LogP contribution < -0.4 is 5.32 Å². The number of nitrogens with one attached hydrogen (secondary N) is 1. The van der Waals surface area contributed by atoms with Crippen LogP contribution in [0.5, 0.6) is 0 Å². The fourth-order valence-electron chi connectivity index (χ4n) is 2.58. The van der Waals surface area contributed by atoms with Gasteiger partial charge < -0.3 is 10.4 Å². The van der Waals surface area contributed by atoms with E-state index in [1.807, 2.05) is 18.2 Å². The Morgan fingerprint density at radius 2 is 2.11 bits per heavy atom. The highest BCUT2D eigenvalue weighted by molar-refractivity contribution is 9.10. The Morgan fingerprint density at radius 3 is 2.83 bits per heavy atom. The normalized spacial score (nSPS) is 17.9. The highest BCUT2D eigenvalue weighted by Crippen LogP contribution is 2.31. The molecule has 1 aromatic rings. The van der Waals surface area contributed by atoms with E-state index >= 15 is 0 Å². The zero-order chi connectivity index (χ0) is 13.0. The fourth-order valence-corrected chi connectivity index (χ4v) is 3.16. The quantitative estimate of drug-likeness (QED) is 0.834. The van der Waals surface area contributed by atoms with E-state index in [4.69, 9.17) is 11.6 Å². The summed E-state index contributed by atoms with van der Waals surface area (Å²) in [6.45, 7) is 0.579. The largest absolute Gasteiger partial charge is 0.391 e. The minimum Gasteiger partial charge on any atom is -0.391 e. The molecule has 0 amide bonds. The van der Waals surface area contributed by atoms with Gasteiger partial charge in [0.05, 0.1) is 21.3 Å². The Morgan fingerprint density at radius 1 is 1.39 bits per heavy atom. The van der Waals surface area contributed by atoms with E-state index in [0.717, 1.165) is 16.6 Å². The van der Waals surface area contributed by atoms with Gasteiger partial charge in [-0.15, -0.1) is 0 Å². The van der Waals surface area contributed by atoms with Crippen molar-refractivity contribution < 1.29 is 5.11 Å². The molecule has 2 N–H and O–H groups in total. The monoisotopic (exact) mass is 331 g/mol. The van der Waals surface area contributed by atoms with Gasteiger partial charge in [-0.2, -0.15) is 0 Å². The van der Waals surface area contributed by atoms with Crippen LogP contribution in [0, 0.1) is 5.92 Å². The molecular weight excluding hydrogens is 314 g/mol. The summed E-state index contributed by atoms with van der Waals surface area (Å²) in [6, 6.07) is 5.70. The van der Waals surface area contributed by atoms with Gasteiger partial charge in [0.25, 0.3) is 0 Å². The zero-order valence-corrected chi connectivity index (χ0v) is 12.7. The van der Waals surface area contributed by atoms with E-state index < -0.39 is 0 Å². The van der Waals surface area contributed by atoms with Crippen LogP contribution in [-0.2, 0) is 0 Å². The molecule has 1 unspecified atom stereocenters. The van der Waals surface area contributed by atoms with Crippen LogP contribution in [-0.4, -0.2) is 17.8 Å². The lowest BCUT2D eigenvalue weighted by atomic mass is 10.00. The Hall–Kier alpha value is -0.250. The maximum absolute atomic E-state index is 10.0. The summed E-state index contributed by atoms with van der Waals surface area (Å²) in [4.78, 5) is 0. The summed E-state index contributed by atoms with van der Waals surface area (Å²) in [5.41, 5.74) is 0.938. The molecule has 0 heterocycles. The van der Waals surface area contributed by atoms with Crippen molar-refractivity contribution in [2.75, 3.05) is 11.9 Å². The van der Waals surface area contributed by atoms with Crippen LogP contribution in [0.4, 0.5) is 5.69 Å². The van der Waals surface area contributed by atoms with Gasteiger partial charge >= 0.3 is 0 Å². The number of anilines is 1. The number of aliphatic hydroxyl groups excluding tert-OH is 1. The smallest absolute Gasteiger partial charge is 0.0715 e. The molecule has 1 saturated carbocycles. The SMILES string of the molecule is OC(CNc1cccc(Cl)c1Br)CC1CCCC1. The van der Waals surface area contributed by atoms with E-state index in [-0.39, 0.29) is 6.10 Å². The summed E-state index contributed by atoms with van der Waals surface area (Å²) in [5, 5.41) is 14.0. The predicted molar refractivity (Wildman–Crippen MR) is 80.2 cm³/mol. The minimum atomic E-state index is -0.279. The Bertz CT molecular complexity index is 393. The fraction of sp³-hybridized carbons (Fsp3) is 0.571. The highest BCUT2D eigenvalue weighted by Gasteiger charge is 2.18. The molecule has 2 rings (SSSR count). The van der Waals surface area contributed by atoms with Crippen molar-refractivity contribution in [1.82, 2.24) is 0 Å². The Balaban J connectivity index is 1.81. The molecule has 1 aliphatic rings. The van der Waals surface area contributed by atoms with E-state index in [1.165, 1.54) is 25.7 Å². The highest BCUT2D eigenvalue weighted by atomic mass is 79.9. The summed E-state index contributed by atoms with van der Waals surface area (Å²) >= 11 is 9.46. The first-order chi connectivity index (χ1) is 8.66. The van der Waals surface area contributed by atoms with Gasteiger partial charge in [-0.25, -0.2) is 0 Å². The van der Waals surface area contributed by atoms with Crippen molar-refractivity contribution in [1.29, 1.82) is 0 Å². The minimum absolute atomic E-state index is 0.279. The molecule has 1 aromatic carbocycles. The van der Waals surface area contributed by atoms with Crippen molar-refractivity contribution >= 4 is 33.2 Å². The van der Waals surface area contributed by atoms with Crippen LogP contribution in [0.3, 0.4) is 0 Å². The third-order valence-electron chi connectivity index (χ3n) is 3.56. The number of aliphatic hydroxyl groups is 1. The number of benzene rings is 1. The number of hydrogen-bond donors (Lipinski definition) is 2. The first-order valence-corrected chi connectivity index (χ1v) is 7.70. The molecule has 100 valence electrons. The maximum atomic E-state index is 10.0. The zero-order valence-electron chi connectivity index (χ0n) is 10.3. The lowest BCUT2D eigenvalue weighted by Crippen LogP contribution is -2.22. The van der Waals surface area contributed by atoms with E-state index in [2.05, 4.69) is 21.2 Å². The molecule has 0 radical (unpaired) electrons. The molecule has 0 aliphatic heterocycles. The molecule has 2 nitrogen and oxygen atoms in total. The number of rotatable bonds is 5. The number of halogens is 2. The first-order valence-electron chi connectivity index (χ1n) is 6.52. The topological polar surface area (TPSA) is 32.3 Å². The van der Waals surface area contributed by atoms with E-state index in [1.54, 1.807) is 0 Å². The van der Waals surface area contributed by atoms with Crippen LogP contribution in [0.1, 0.15) is 32.1 Å². The van der Waals surface area contributed by atoms with Gasteiger partial charge in [0.1, 0.15) is 0 Å². The summed E-state index contributed by atoms with van der Waals surface area (Å²) < 4.78 is 0.861. The third-order valence-corrected chi connectivity index (χ3v) is 4.96. The van der Waals surface area contributed by atoms with Gasteiger partial charge in [0, 0.05) is 6.54 Å². The average Bonchev–Trinajstić information content (AvgIpc) is 2.84. The average molecular weight is 333 g/mol. The van der Waals surface area contributed by atoms with Gasteiger partial charge in [-0.3, -0.25) is 0 Å². The third kappa shape index (κ3) is 3.87. The van der Waals surface area contributed by atoms with Gasteiger partial charge in [0.15, 0.2) is 0 Å². The molecule has 0 aromatic heterocycles. The standard InChI is InChI=1S/C14H19BrClNO/c15-14-12(16)6-3-7-13(14)17-9-11(18)8-10-4-1-2-5-10/h3,6-7,10-11,17-18H,1-2,4-5,8-9H2. The summed E-state index contributed by atoms with van der Waals surface area (Å²) in [7, 11) is 0. The van der Waals surface area contributed by atoms with Crippen molar-refractivity contribution in [3.8, 4) is 0 Å². The number of hydrogen-bond acceptors (Lipinski definition) is 2. The molecule has 1 aliphatic carbocycles. The van der Waals surface area contributed by atoms with Gasteiger partial charge in [0.2, 0.25) is 0 Å². The molecule has 0 bridgehead atoms.